The molecule has 1 N–H and O–H groups in total. The van der Waals surface area contributed by atoms with Crippen molar-refractivity contribution in [2.75, 3.05) is 4.90 Å². The predicted octanol–water partition coefficient (Wildman–Crippen LogP) is 5.87. The van der Waals surface area contributed by atoms with Gasteiger partial charge in [-0.05, 0) is 63.2 Å². The van der Waals surface area contributed by atoms with Crippen molar-refractivity contribution in [2.24, 2.45) is 0 Å². The van der Waals surface area contributed by atoms with Crippen molar-refractivity contribution in [3.63, 3.8) is 0 Å². The normalized spacial score (nSPS) is 12.0. The average Bonchev–Trinajstić information content (AvgIpc) is 2.52. The summed E-state index contributed by atoms with van der Waals surface area (Å²) in [6.45, 7) is 5.14. The molecule has 2 rings (SSSR count). The summed E-state index contributed by atoms with van der Waals surface area (Å²) in [7, 11) is 0. The molecule has 0 saturated heterocycles. The van der Waals surface area contributed by atoms with Gasteiger partial charge in [0, 0.05) is 22.4 Å². The van der Waals surface area contributed by atoms with Gasteiger partial charge in [0.15, 0.2) is 5.78 Å². The van der Waals surface area contributed by atoms with Crippen LogP contribution in [-0.2, 0) is 6.18 Å². The van der Waals surface area contributed by atoms with Crippen molar-refractivity contribution in [3.8, 4) is 0 Å². The van der Waals surface area contributed by atoms with E-state index in [4.69, 9.17) is 11.6 Å². The van der Waals surface area contributed by atoms with Gasteiger partial charge in [0.25, 0.3) is 0 Å². The van der Waals surface area contributed by atoms with E-state index in [0.717, 1.165) is 11.0 Å². The largest absolute Gasteiger partial charge is 0.465 e. The van der Waals surface area contributed by atoms with E-state index in [2.05, 4.69) is 0 Å². The smallest absolute Gasteiger partial charge is 0.417 e. The number of hydrogen-bond donors (Lipinski definition) is 1. The van der Waals surface area contributed by atoms with Gasteiger partial charge in [-0.3, -0.25) is 9.69 Å². The van der Waals surface area contributed by atoms with Gasteiger partial charge in [-0.1, -0.05) is 11.6 Å². The maximum Gasteiger partial charge on any atom is 0.417 e. The second-order valence-corrected chi connectivity index (χ2v) is 7.26. The number of halogens is 4. The number of benzene rings is 2. The molecule has 0 spiro atoms. The number of anilines is 1. The highest BCUT2D eigenvalue weighted by Crippen LogP contribution is 2.35. The zero-order valence-electron chi connectivity index (χ0n) is 14.8. The van der Waals surface area contributed by atoms with Crippen molar-refractivity contribution in [2.45, 2.75) is 32.5 Å². The van der Waals surface area contributed by atoms with Gasteiger partial charge in [-0.25, -0.2) is 4.79 Å². The lowest BCUT2D eigenvalue weighted by Crippen LogP contribution is -2.45. The van der Waals surface area contributed by atoms with Crippen LogP contribution in [-0.4, -0.2) is 22.5 Å². The number of nitrogens with zero attached hydrogens (tertiary/aromatic N) is 1. The first-order chi connectivity index (χ1) is 12.3. The second-order valence-electron chi connectivity index (χ2n) is 6.86. The zero-order chi connectivity index (χ0) is 20.6. The van der Waals surface area contributed by atoms with Crippen molar-refractivity contribution in [1.29, 1.82) is 0 Å². The van der Waals surface area contributed by atoms with Gasteiger partial charge in [-0.15, -0.1) is 0 Å². The third kappa shape index (κ3) is 4.60. The zero-order valence-corrected chi connectivity index (χ0v) is 15.5. The van der Waals surface area contributed by atoms with Crippen molar-refractivity contribution >= 4 is 29.2 Å². The third-order valence-electron chi connectivity index (χ3n) is 3.78. The number of hydrogen-bond acceptors (Lipinski definition) is 2. The lowest BCUT2D eigenvalue weighted by atomic mass is 10.00. The second kappa shape index (κ2) is 7.23. The van der Waals surface area contributed by atoms with E-state index in [1.807, 2.05) is 0 Å². The fourth-order valence-corrected chi connectivity index (χ4v) is 2.82. The highest BCUT2D eigenvalue weighted by molar-refractivity contribution is 6.31. The van der Waals surface area contributed by atoms with Crippen LogP contribution in [0.5, 0.6) is 0 Å². The summed E-state index contributed by atoms with van der Waals surface area (Å²) in [6, 6.07) is 8.57. The van der Waals surface area contributed by atoms with E-state index in [1.165, 1.54) is 30.3 Å². The molecule has 2 aromatic carbocycles. The van der Waals surface area contributed by atoms with E-state index in [1.54, 1.807) is 20.8 Å². The fraction of sp³-hybridized carbons (Fsp3) is 0.263. The maximum absolute atomic E-state index is 13.0. The molecule has 8 heteroatoms. The molecule has 0 radical (unpaired) electrons. The molecular formula is C19H17ClF3NO3. The summed E-state index contributed by atoms with van der Waals surface area (Å²) in [5.41, 5.74) is -1.48. The summed E-state index contributed by atoms with van der Waals surface area (Å²) in [4.78, 5) is 25.1. The van der Waals surface area contributed by atoms with E-state index < -0.39 is 34.2 Å². The van der Waals surface area contributed by atoms with E-state index in [0.29, 0.717) is 11.8 Å². The summed E-state index contributed by atoms with van der Waals surface area (Å²) in [6.07, 6.45) is -5.83. The number of amides is 1. The Bertz CT molecular complexity index is 871. The van der Waals surface area contributed by atoms with Crippen LogP contribution in [0.1, 0.15) is 42.3 Å². The number of rotatable bonds is 3. The number of carboxylic acid groups (broad SMARTS) is 1. The van der Waals surface area contributed by atoms with E-state index in [-0.39, 0.29) is 11.1 Å². The summed E-state index contributed by atoms with van der Waals surface area (Å²) in [5, 5.41) is 8.90. The molecule has 0 aromatic heterocycles. The topological polar surface area (TPSA) is 57.6 Å². The monoisotopic (exact) mass is 399 g/mol. The van der Waals surface area contributed by atoms with Crippen molar-refractivity contribution in [3.05, 3.63) is 64.2 Å². The minimum Gasteiger partial charge on any atom is -0.465 e. The molecule has 0 unspecified atom stereocenters. The number of ketones is 1. The Hall–Kier alpha value is -2.54. The predicted molar refractivity (Wildman–Crippen MR) is 96.6 cm³/mol. The Morgan fingerprint density at radius 1 is 0.963 bits per heavy atom. The molecule has 4 nitrogen and oxygen atoms in total. The van der Waals surface area contributed by atoms with Crippen LogP contribution in [0.3, 0.4) is 0 Å². The highest BCUT2D eigenvalue weighted by atomic mass is 35.5. The van der Waals surface area contributed by atoms with Crippen LogP contribution >= 0.6 is 11.6 Å². The minimum atomic E-state index is -4.67. The lowest BCUT2D eigenvalue weighted by molar-refractivity contribution is -0.137. The van der Waals surface area contributed by atoms with Crippen LogP contribution in [0, 0.1) is 0 Å². The lowest BCUT2D eigenvalue weighted by Gasteiger charge is -2.33. The van der Waals surface area contributed by atoms with Gasteiger partial charge < -0.3 is 5.11 Å². The van der Waals surface area contributed by atoms with Crippen LogP contribution < -0.4 is 4.90 Å². The molecule has 0 aliphatic heterocycles. The molecule has 0 aliphatic carbocycles. The first kappa shape index (κ1) is 20.8. The highest BCUT2D eigenvalue weighted by Gasteiger charge is 2.34. The Kier molecular flexibility index (Phi) is 5.56. The first-order valence-corrected chi connectivity index (χ1v) is 8.25. The molecule has 144 valence electrons. The summed E-state index contributed by atoms with van der Waals surface area (Å²) >= 11 is 5.57. The Morgan fingerprint density at radius 3 is 1.93 bits per heavy atom. The molecule has 2 aromatic rings. The third-order valence-corrected chi connectivity index (χ3v) is 4.11. The first-order valence-electron chi connectivity index (χ1n) is 7.87. The molecule has 0 saturated carbocycles. The van der Waals surface area contributed by atoms with Gasteiger partial charge in [0.05, 0.1) is 10.6 Å². The van der Waals surface area contributed by atoms with Gasteiger partial charge in [0.1, 0.15) is 0 Å². The molecule has 0 atom stereocenters. The van der Waals surface area contributed by atoms with Crippen molar-refractivity contribution in [1.82, 2.24) is 0 Å². The van der Waals surface area contributed by atoms with Crippen LogP contribution in [0.4, 0.5) is 23.7 Å². The summed E-state index contributed by atoms with van der Waals surface area (Å²) < 4.78 is 38.9. The fourth-order valence-electron chi connectivity index (χ4n) is 2.60. The molecule has 0 heterocycles. The number of carbonyl (C=O) groups is 2. The Morgan fingerprint density at radius 2 is 1.48 bits per heavy atom. The number of alkyl halides is 3. The van der Waals surface area contributed by atoms with Gasteiger partial charge in [0.2, 0.25) is 0 Å². The molecule has 0 bridgehead atoms. The van der Waals surface area contributed by atoms with Crippen LogP contribution in [0.25, 0.3) is 0 Å². The van der Waals surface area contributed by atoms with Gasteiger partial charge in [-0.2, -0.15) is 13.2 Å². The van der Waals surface area contributed by atoms with E-state index >= 15 is 0 Å². The molecule has 0 aliphatic rings. The standard InChI is InChI=1S/C19H17ClF3NO3/c1-18(2,3)24(17(26)27)13-7-4-11(5-8-13)16(25)12-6-9-15(20)14(10-12)19(21,22)23/h4-10H,1-3H3,(H,26,27). The molecule has 27 heavy (non-hydrogen) atoms. The van der Waals surface area contributed by atoms with Crippen LogP contribution in [0.15, 0.2) is 42.5 Å². The minimum absolute atomic E-state index is 0.133. The Balaban J connectivity index is 2.38. The average molecular weight is 400 g/mol. The number of carbonyl (C=O) groups excluding carboxylic acids is 1. The molecule has 0 fully saturated rings. The van der Waals surface area contributed by atoms with Crippen LogP contribution in [0.2, 0.25) is 5.02 Å². The molecule has 1 amide bonds. The van der Waals surface area contributed by atoms with Gasteiger partial charge >= 0.3 is 12.3 Å². The summed E-state index contributed by atoms with van der Waals surface area (Å²) in [5.74, 6) is -0.624. The molecular weight excluding hydrogens is 383 g/mol. The SMILES string of the molecule is CC(C)(C)N(C(=O)O)c1ccc(C(=O)c2ccc(Cl)c(C(F)(F)F)c2)cc1. The maximum atomic E-state index is 13.0. The van der Waals surface area contributed by atoms with E-state index in [9.17, 15) is 27.9 Å². The quantitative estimate of drug-likeness (QED) is 0.656. The van der Waals surface area contributed by atoms with Crippen molar-refractivity contribution < 1.29 is 27.9 Å². The Labute approximate surface area is 159 Å².